The summed E-state index contributed by atoms with van der Waals surface area (Å²) in [6.07, 6.45) is 0. The van der Waals surface area contributed by atoms with Crippen molar-refractivity contribution in [3.05, 3.63) is 29.0 Å². The van der Waals surface area contributed by atoms with Crippen LogP contribution < -0.4 is 11.5 Å². The van der Waals surface area contributed by atoms with Gasteiger partial charge in [-0.3, -0.25) is 0 Å². The van der Waals surface area contributed by atoms with Crippen LogP contribution in [0.15, 0.2) is 24.3 Å². The molecule has 5 heteroatoms. The summed E-state index contributed by atoms with van der Waals surface area (Å²) in [6.45, 7) is 2.67. The molecule has 0 atom stereocenters. The van der Waals surface area contributed by atoms with E-state index in [1.807, 2.05) is 12.1 Å². The lowest BCUT2D eigenvalue weighted by atomic mass is 10.3. The average molecular weight is 236 g/mol. The maximum Gasteiger partial charge on any atom is 0.180 e. The van der Waals surface area contributed by atoms with Crippen LogP contribution in [0.5, 0.6) is 0 Å². The fourth-order valence-electron chi connectivity index (χ4n) is 1.96. The molecule has 0 saturated heterocycles. The number of imidazole rings is 1. The van der Waals surface area contributed by atoms with Gasteiger partial charge in [0.25, 0.3) is 0 Å². The van der Waals surface area contributed by atoms with Crippen molar-refractivity contribution >= 4 is 23.3 Å². The standard InChI is InChI=1S/C11H16N4S/c12-5-7-14-9-3-1-2-4-10(9)15(8-6-13)11(14)16/h1-4H,5-8,12-13H2. The van der Waals surface area contributed by atoms with E-state index < -0.39 is 0 Å². The van der Waals surface area contributed by atoms with E-state index in [4.69, 9.17) is 23.7 Å². The van der Waals surface area contributed by atoms with Crippen molar-refractivity contribution in [2.75, 3.05) is 13.1 Å². The molecule has 0 aliphatic rings. The summed E-state index contributed by atoms with van der Waals surface area (Å²) in [4.78, 5) is 0. The quantitative estimate of drug-likeness (QED) is 0.781. The Balaban J connectivity index is 2.70. The predicted molar refractivity (Wildman–Crippen MR) is 68.9 cm³/mol. The fourth-order valence-corrected chi connectivity index (χ4v) is 2.34. The van der Waals surface area contributed by atoms with Crippen LogP contribution in [0.2, 0.25) is 0 Å². The second-order valence-electron chi connectivity index (χ2n) is 3.65. The second kappa shape index (κ2) is 4.78. The van der Waals surface area contributed by atoms with Gasteiger partial charge in [-0.05, 0) is 24.4 Å². The molecule has 0 aliphatic carbocycles. The third kappa shape index (κ3) is 1.77. The number of fused-ring (bicyclic) bond motifs is 1. The Morgan fingerprint density at radius 1 is 0.938 bits per heavy atom. The SMILES string of the molecule is NCCn1c(=S)n(CCN)c2ccccc21. The summed E-state index contributed by atoms with van der Waals surface area (Å²) < 4.78 is 4.94. The van der Waals surface area contributed by atoms with Gasteiger partial charge in [0.15, 0.2) is 4.77 Å². The Morgan fingerprint density at radius 2 is 1.38 bits per heavy atom. The number of nitrogens with zero attached hydrogens (tertiary/aromatic N) is 2. The maximum absolute atomic E-state index is 5.60. The molecular weight excluding hydrogens is 220 g/mol. The molecule has 1 aromatic heterocycles. The summed E-state index contributed by atoms with van der Waals surface area (Å²) in [7, 11) is 0. The zero-order chi connectivity index (χ0) is 11.5. The first-order valence-electron chi connectivity index (χ1n) is 5.37. The lowest BCUT2D eigenvalue weighted by Crippen LogP contribution is -2.12. The molecule has 0 spiro atoms. The molecule has 0 fully saturated rings. The molecule has 0 bridgehead atoms. The fraction of sp³-hybridized carbons (Fsp3) is 0.364. The van der Waals surface area contributed by atoms with E-state index in [0.717, 1.165) is 28.9 Å². The number of aromatic nitrogens is 2. The Labute approximate surface area is 99.5 Å². The molecule has 0 aliphatic heterocycles. The normalized spacial score (nSPS) is 11.1. The number of rotatable bonds is 4. The van der Waals surface area contributed by atoms with Gasteiger partial charge >= 0.3 is 0 Å². The molecule has 4 nitrogen and oxygen atoms in total. The van der Waals surface area contributed by atoms with Gasteiger partial charge in [-0.25, -0.2) is 0 Å². The van der Waals surface area contributed by atoms with Crippen LogP contribution in [0.1, 0.15) is 0 Å². The number of nitrogens with two attached hydrogens (primary N) is 2. The summed E-state index contributed by atoms with van der Waals surface area (Å²) in [5.41, 5.74) is 13.5. The number of benzene rings is 1. The summed E-state index contributed by atoms with van der Waals surface area (Å²) >= 11 is 5.44. The van der Waals surface area contributed by atoms with Crippen molar-refractivity contribution in [1.29, 1.82) is 0 Å². The van der Waals surface area contributed by atoms with Gasteiger partial charge in [0.05, 0.1) is 11.0 Å². The zero-order valence-corrected chi connectivity index (χ0v) is 9.91. The molecule has 1 heterocycles. The van der Waals surface area contributed by atoms with Crippen molar-refractivity contribution in [3.8, 4) is 0 Å². The Kier molecular flexibility index (Phi) is 3.38. The summed E-state index contributed by atoms with van der Waals surface area (Å²) in [5.74, 6) is 0. The first-order chi connectivity index (χ1) is 7.79. The van der Waals surface area contributed by atoms with Crippen molar-refractivity contribution in [3.63, 3.8) is 0 Å². The van der Waals surface area contributed by atoms with Crippen LogP contribution in [-0.2, 0) is 13.1 Å². The minimum absolute atomic E-state index is 0.588. The maximum atomic E-state index is 5.60. The number of hydrogen-bond donors (Lipinski definition) is 2. The van der Waals surface area contributed by atoms with E-state index in [-0.39, 0.29) is 0 Å². The second-order valence-corrected chi connectivity index (χ2v) is 4.02. The van der Waals surface area contributed by atoms with E-state index in [1.54, 1.807) is 0 Å². The van der Waals surface area contributed by atoms with Crippen molar-refractivity contribution < 1.29 is 0 Å². The molecule has 4 N–H and O–H groups in total. The number of para-hydroxylation sites is 2. The van der Waals surface area contributed by atoms with Gasteiger partial charge in [-0.2, -0.15) is 0 Å². The lowest BCUT2D eigenvalue weighted by Gasteiger charge is -2.01. The third-order valence-electron chi connectivity index (χ3n) is 2.63. The molecule has 2 aromatic rings. The molecule has 0 amide bonds. The van der Waals surface area contributed by atoms with Crippen LogP contribution in [0.3, 0.4) is 0 Å². The number of hydrogen-bond acceptors (Lipinski definition) is 3. The summed E-state index contributed by atoms with van der Waals surface area (Å²) in [6, 6.07) is 8.15. The molecule has 0 saturated carbocycles. The van der Waals surface area contributed by atoms with Crippen molar-refractivity contribution in [2.45, 2.75) is 13.1 Å². The molecule has 0 radical (unpaired) electrons. The smallest absolute Gasteiger partial charge is 0.180 e. The highest BCUT2D eigenvalue weighted by atomic mass is 32.1. The van der Waals surface area contributed by atoms with Gasteiger partial charge in [0.1, 0.15) is 0 Å². The largest absolute Gasteiger partial charge is 0.329 e. The molecule has 0 unspecified atom stereocenters. The molecule has 16 heavy (non-hydrogen) atoms. The molecule has 2 rings (SSSR count). The van der Waals surface area contributed by atoms with Gasteiger partial charge < -0.3 is 20.6 Å². The van der Waals surface area contributed by atoms with Crippen LogP contribution in [0.4, 0.5) is 0 Å². The Morgan fingerprint density at radius 3 is 1.75 bits per heavy atom. The van der Waals surface area contributed by atoms with E-state index in [9.17, 15) is 0 Å². The molecular formula is C11H16N4S. The zero-order valence-electron chi connectivity index (χ0n) is 9.10. The Bertz CT molecular complexity index is 494. The highest BCUT2D eigenvalue weighted by Gasteiger charge is 2.08. The van der Waals surface area contributed by atoms with Crippen molar-refractivity contribution in [1.82, 2.24) is 9.13 Å². The lowest BCUT2D eigenvalue weighted by molar-refractivity contribution is 0.654. The summed E-state index contributed by atoms with van der Waals surface area (Å²) in [5, 5.41) is 0. The third-order valence-corrected chi connectivity index (χ3v) is 3.07. The molecule has 1 aromatic carbocycles. The highest BCUT2D eigenvalue weighted by molar-refractivity contribution is 7.71. The van der Waals surface area contributed by atoms with Crippen LogP contribution >= 0.6 is 12.2 Å². The van der Waals surface area contributed by atoms with Gasteiger partial charge in [0, 0.05) is 26.2 Å². The minimum Gasteiger partial charge on any atom is -0.329 e. The van der Waals surface area contributed by atoms with Gasteiger partial charge in [-0.1, -0.05) is 12.1 Å². The predicted octanol–water partition coefficient (Wildman–Crippen LogP) is 1.09. The monoisotopic (exact) mass is 236 g/mol. The van der Waals surface area contributed by atoms with Crippen LogP contribution in [-0.4, -0.2) is 22.2 Å². The van der Waals surface area contributed by atoms with E-state index in [0.29, 0.717) is 13.1 Å². The van der Waals surface area contributed by atoms with Gasteiger partial charge in [-0.15, -0.1) is 0 Å². The van der Waals surface area contributed by atoms with Crippen LogP contribution in [0, 0.1) is 4.77 Å². The first-order valence-corrected chi connectivity index (χ1v) is 5.78. The topological polar surface area (TPSA) is 61.9 Å². The van der Waals surface area contributed by atoms with E-state index >= 15 is 0 Å². The van der Waals surface area contributed by atoms with E-state index in [1.165, 1.54) is 0 Å². The highest BCUT2D eigenvalue weighted by Crippen LogP contribution is 2.17. The minimum atomic E-state index is 0.588. The van der Waals surface area contributed by atoms with E-state index in [2.05, 4.69) is 21.3 Å². The Hall–Kier alpha value is -1.17. The first kappa shape index (κ1) is 11.3. The van der Waals surface area contributed by atoms with Crippen LogP contribution in [0.25, 0.3) is 11.0 Å². The van der Waals surface area contributed by atoms with Gasteiger partial charge in [0.2, 0.25) is 0 Å². The molecule has 86 valence electrons. The average Bonchev–Trinajstić information content (AvgIpc) is 2.56. The van der Waals surface area contributed by atoms with Crippen molar-refractivity contribution in [2.24, 2.45) is 11.5 Å².